The largest absolute Gasteiger partial charge is 0.479 e. The Balaban J connectivity index is 1.88. The van der Waals surface area contributed by atoms with E-state index in [1.54, 1.807) is 13.4 Å². The van der Waals surface area contributed by atoms with Crippen LogP contribution in [0.2, 0.25) is 0 Å². The van der Waals surface area contributed by atoms with Crippen molar-refractivity contribution >= 4 is 11.2 Å². The highest BCUT2D eigenvalue weighted by Crippen LogP contribution is 2.26. The molecule has 1 atom stereocenters. The van der Waals surface area contributed by atoms with E-state index in [2.05, 4.69) is 26.4 Å². The number of aliphatic hydroxyl groups is 1. The molecular weight excluding hydrogens is 316 g/mol. The van der Waals surface area contributed by atoms with Gasteiger partial charge in [0.15, 0.2) is 11.2 Å². The van der Waals surface area contributed by atoms with Crippen LogP contribution in [0.1, 0.15) is 77.2 Å². The zero-order valence-corrected chi connectivity index (χ0v) is 15.7. The Labute approximate surface area is 150 Å². The third-order valence-electron chi connectivity index (χ3n) is 4.77. The average molecular weight is 348 g/mol. The fourth-order valence-corrected chi connectivity index (χ4v) is 3.33. The molecule has 0 bridgehead atoms. The summed E-state index contributed by atoms with van der Waals surface area (Å²) in [4.78, 5) is 12.9. The lowest BCUT2D eigenvalue weighted by atomic mass is 10.0. The van der Waals surface area contributed by atoms with Gasteiger partial charge in [0.05, 0.1) is 13.4 Å². The van der Waals surface area contributed by atoms with Crippen LogP contribution in [0.5, 0.6) is 5.88 Å². The molecular formula is C19H32N4O2. The van der Waals surface area contributed by atoms with Gasteiger partial charge in [-0.05, 0) is 12.8 Å². The lowest BCUT2D eigenvalue weighted by Crippen LogP contribution is -2.11. The SMILES string of the molecule is CCCCCCCCCCC(CCO)n1cnc2c(OC)ncnc21. The number of imidazole rings is 1. The minimum Gasteiger partial charge on any atom is -0.479 e. The second kappa shape index (κ2) is 11.0. The maximum Gasteiger partial charge on any atom is 0.245 e. The molecule has 0 aliphatic rings. The summed E-state index contributed by atoms with van der Waals surface area (Å²) in [5, 5.41) is 9.44. The lowest BCUT2D eigenvalue weighted by Gasteiger charge is -2.18. The molecule has 1 unspecified atom stereocenters. The number of aliphatic hydroxyl groups excluding tert-OH is 1. The minimum absolute atomic E-state index is 0.170. The molecule has 1 N–H and O–H groups in total. The number of ether oxygens (including phenoxy) is 1. The van der Waals surface area contributed by atoms with Crippen LogP contribution < -0.4 is 4.74 Å². The monoisotopic (exact) mass is 348 g/mol. The van der Waals surface area contributed by atoms with E-state index in [9.17, 15) is 5.11 Å². The quantitative estimate of drug-likeness (QED) is 0.547. The van der Waals surface area contributed by atoms with Crippen molar-refractivity contribution in [3.8, 4) is 5.88 Å². The van der Waals surface area contributed by atoms with Crippen LogP contribution in [0, 0.1) is 0 Å². The van der Waals surface area contributed by atoms with Gasteiger partial charge in [-0.25, -0.2) is 9.97 Å². The van der Waals surface area contributed by atoms with Gasteiger partial charge in [0, 0.05) is 12.6 Å². The van der Waals surface area contributed by atoms with E-state index in [-0.39, 0.29) is 12.6 Å². The van der Waals surface area contributed by atoms with Crippen molar-refractivity contribution in [1.29, 1.82) is 0 Å². The molecule has 140 valence electrons. The lowest BCUT2D eigenvalue weighted by molar-refractivity contribution is 0.251. The Morgan fingerprint density at radius 3 is 2.40 bits per heavy atom. The van der Waals surface area contributed by atoms with Crippen LogP contribution in [0.15, 0.2) is 12.7 Å². The zero-order valence-electron chi connectivity index (χ0n) is 15.7. The highest BCUT2D eigenvalue weighted by molar-refractivity contribution is 5.76. The minimum atomic E-state index is 0.170. The van der Waals surface area contributed by atoms with Crippen LogP contribution in [0.25, 0.3) is 11.2 Å². The molecule has 6 nitrogen and oxygen atoms in total. The highest BCUT2D eigenvalue weighted by atomic mass is 16.5. The first-order valence-corrected chi connectivity index (χ1v) is 9.64. The van der Waals surface area contributed by atoms with Crippen molar-refractivity contribution in [2.45, 2.75) is 77.2 Å². The van der Waals surface area contributed by atoms with Crippen LogP contribution in [0.4, 0.5) is 0 Å². The van der Waals surface area contributed by atoms with Crippen molar-refractivity contribution in [3.63, 3.8) is 0 Å². The molecule has 2 rings (SSSR count). The molecule has 25 heavy (non-hydrogen) atoms. The summed E-state index contributed by atoms with van der Waals surface area (Å²) in [5.41, 5.74) is 1.47. The van der Waals surface area contributed by atoms with Crippen molar-refractivity contribution in [2.24, 2.45) is 0 Å². The van der Waals surface area contributed by atoms with E-state index in [1.807, 2.05) is 0 Å². The predicted octanol–water partition coefficient (Wildman–Crippen LogP) is 4.29. The number of methoxy groups -OCH3 is 1. The van der Waals surface area contributed by atoms with Gasteiger partial charge >= 0.3 is 0 Å². The summed E-state index contributed by atoms with van der Waals surface area (Å²) < 4.78 is 7.32. The Morgan fingerprint density at radius 2 is 1.72 bits per heavy atom. The van der Waals surface area contributed by atoms with Gasteiger partial charge in [-0.1, -0.05) is 58.3 Å². The molecule has 2 heterocycles. The third-order valence-corrected chi connectivity index (χ3v) is 4.77. The molecule has 0 saturated carbocycles. The molecule has 6 heteroatoms. The van der Waals surface area contributed by atoms with Crippen molar-refractivity contribution in [3.05, 3.63) is 12.7 Å². The third kappa shape index (κ3) is 5.66. The second-order valence-corrected chi connectivity index (χ2v) is 6.64. The van der Waals surface area contributed by atoms with Gasteiger partial charge < -0.3 is 14.4 Å². The maximum absolute atomic E-state index is 9.44. The first-order chi connectivity index (χ1) is 12.3. The number of nitrogens with zero attached hydrogens (tertiary/aromatic N) is 4. The predicted molar refractivity (Wildman–Crippen MR) is 99.8 cm³/mol. The summed E-state index contributed by atoms with van der Waals surface area (Å²) in [6.07, 6.45) is 15.5. The molecule has 0 spiro atoms. The molecule has 0 radical (unpaired) electrons. The molecule has 2 aromatic heterocycles. The second-order valence-electron chi connectivity index (χ2n) is 6.64. The Hall–Kier alpha value is -1.69. The number of hydrogen-bond donors (Lipinski definition) is 1. The normalized spacial score (nSPS) is 12.6. The number of unbranched alkanes of at least 4 members (excludes halogenated alkanes) is 7. The fourth-order valence-electron chi connectivity index (χ4n) is 3.33. The van der Waals surface area contributed by atoms with E-state index >= 15 is 0 Å². The Bertz CT molecular complexity index is 614. The van der Waals surface area contributed by atoms with Gasteiger partial charge in [0.2, 0.25) is 5.88 Å². The zero-order chi connectivity index (χ0) is 17.9. The van der Waals surface area contributed by atoms with Crippen LogP contribution >= 0.6 is 0 Å². The van der Waals surface area contributed by atoms with E-state index in [0.29, 0.717) is 17.8 Å². The van der Waals surface area contributed by atoms with Crippen molar-refractivity contribution in [1.82, 2.24) is 19.5 Å². The molecule has 0 saturated heterocycles. The molecule has 0 amide bonds. The summed E-state index contributed by atoms with van der Waals surface area (Å²) in [5.74, 6) is 0.499. The van der Waals surface area contributed by atoms with Gasteiger partial charge in [-0.2, -0.15) is 4.98 Å². The summed E-state index contributed by atoms with van der Waals surface area (Å²) in [7, 11) is 1.59. The number of hydrogen-bond acceptors (Lipinski definition) is 5. The van der Waals surface area contributed by atoms with E-state index in [4.69, 9.17) is 4.74 Å². The van der Waals surface area contributed by atoms with Crippen molar-refractivity contribution < 1.29 is 9.84 Å². The number of aromatic nitrogens is 4. The number of rotatable bonds is 13. The Morgan fingerprint density at radius 1 is 1.00 bits per heavy atom. The van der Waals surface area contributed by atoms with Gasteiger partial charge in [-0.3, -0.25) is 0 Å². The van der Waals surface area contributed by atoms with Gasteiger partial charge in [-0.15, -0.1) is 0 Å². The fraction of sp³-hybridized carbons (Fsp3) is 0.737. The Kier molecular flexibility index (Phi) is 8.66. The average Bonchev–Trinajstić information content (AvgIpc) is 3.07. The van der Waals surface area contributed by atoms with E-state index in [1.165, 1.54) is 57.7 Å². The number of fused-ring (bicyclic) bond motifs is 1. The summed E-state index contributed by atoms with van der Waals surface area (Å²) in [6.45, 7) is 2.42. The topological polar surface area (TPSA) is 73.1 Å². The molecule has 0 fully saturated rings. The standard InChI is InChI=1S/C19H32N4O2/c1-3-4-5-6-7-8-9-10-11-16(12-13-24)23-15-22-17-18(23)20-14-21-19(17)25-2/h14-16,24H,3-13H2,1-2H3. The first-order valence-electron chi connectivity index (χ1n) is 9.64. The van der Waals surface area contributed by atoms with E-state index < -0.39 is 0 Å². The van der Waals surface area contributed by atoms with Crippen molar-refractivity contribution in [2.75, 3.05) is 13.7 Å². The van der Waals surface area contributed by atoms with E-state index in [0.717, 1.165) is 12.1 Å². The van der Waals surface area contributed by atoms with Gasteiger partial charge in [0.25, 0.3) is 0 Å². The van der Waals surface area contributed by atoms with Crippen LogP contribution in [-0.4, -0.2) is 38.3 Å². The molecule has 0 aliphatic carbocycles. The first kappa shape index (κ1) is 19.6. The van der Waals surface area contributed by atoms with Crippen LogP contribution in [-0.2, 0) is 0 Å². The summed E-state index contributed by atoms with van der Waals surface area (Å²) >= 11 is 0. The summed E-state index contributed by atoms with van der Waals surface area (Å²) in [6, 6.07) is 0.217. The highest BCUT2D eigenvalue weighted by Gasteiger charge is 2.17. The van der Waals surface area contributed by atoms with Gasteiger partial charge in [0.1, 0.15) is 6.33 Å². The van der Waals surface area contributed by atoms with Crippen LogP contribution in [0.3, 0.4) is 0 Å². The maximum atomic E-state index is 9.44. The molecule has 2 aromatic rings. The molecule has 0 aliphatic heterocycles. The smallest absolute Gasteiger partial charge is 0.245 e. The molecule has 0 aromatic carbocycles.